The van der Waals surface area contributed by atoms with Crippen molar-refractivity contribution in [2.45, 2.75) is 45.6 Å². The number of nitrogens with one attached hydrogen (secondary N) is 1. The molecule has 0 aliphatic heterocycles. The van der Waals surface area contributed by atoms with E-state index in [4.69, 9.17) is 4.74 Å². The predicted molar refractivity (Wildman–Crippen MR) is 89.8 cm³/mol. The highest BCUT2D eigenvalue weighted by Gasteiger charge is 2.28. The number of rotatable bonds is 7. The van der Waals surface area contributed by atoms with Crippen LogP contribution in [0.1, 0.15) is 38.2 Å². The van der Waals surface area contributed by atoms with Crippen LogP contribution in [0.15, 0.2) is 22.7 Å². The number of hydrogen-bond acceptors (Lipinski definition) is 3. The Labute approximate surface area is 136 Å². The van der Waals surface area contributed by atoms with E-state index in [0.717, 1.165) is 16.8 Å². The van der Waals surface area contributed by atoms with Gasteiger partial charge < -0.3 is 15.2 Å². The summed E-state index contributed by atoms with van der Waals surface area (Å²) in [5.41, 5.74) is 1.60. The number of aryl methyl sites for hydroxylation is 1. The lowest BCUT2D eigenvalue weighted by Gasteiger charge is -2.24. The van der Waals surface area contributed by atoms with Gasteiger partial charge in [-0.05, 0) is 58.8 Å². The Bertz CT molecular complexity index is 458. The van der Waals surface area contributed by atoms with Gasteiger partial charge in [-0.25, -0.2) is 0 Å². The Morgan fingerprint density at radius 3 is 2.76 bits per heavy atom. The molecule has 0 amide bonds. The third kappa shape index (κ3) is 5.28. The highest BCUT2D eigenvalue weighted by Crippen LogP contribution is 2.36. The zero-order valence-electron chi connectivity index (χ0n) is 13.0. The van der Waals surface area contributed by atoms with Gasteiger partial charge in [-0.2, -0.15) is 0 Å². The first-order valence-electron chi connectivity index (χ1n) is 7.76. The van der Waals surface area contributed by atoms with Crippen LogP contribution in [-0.2, 0) is 0 Å². The number of aliphatic hydroxyl groups excluding tert-OH is 1. The lowest BCUT2D eigenvalue weighted by atomic mass is 9.89. The molecule has 0 heterocycles. The molecule has 0 aromatic heterocycles. The smallest absolute Gasteiger partial charge is 0.133 e. The maximum Gasteiger partial charge on any atom is 0.133 e. The minimum atomic E-state index is -0.483. The summed E-state index contributed by atoms with van der Waals surface area (Å²) < 4.78 is 6.60. The quantitative estimate of drug-likeness (QED) is 0.783. The zero-order chi connectivity index (χ0) is 15.3. The highest BCUT2D eigenvalue weighted by atomic mass is 79.9. The van der Waals surface area contributed by atoms with Crippen LogP contribution in [0.2, 0.25) is 0 Å². The molecule has 1 atom stereocenters. The summed E-state index contributed by atoms with van der Waals surface area (Å²) in [4.78, 5) is 0. The fourth-order valence-electron chi connectivity index (χ4n) is 2.91. The standard InChI is InChI=1S/C17H26BrNO2/c1-13-5-6-16(15(18)9-13)21-11-14(20)10-19-12-17(2)7-3-4-8-17/h5-6,9,14,19-20H,3-4,7-8,10-12H2,1-2H3. The largest absolute Gasteiger partial charge is 0.490 e. The molecule has 21 heavy (non-hydrogen) atoms. The molecule has 1 aliphatic carbocycles. The Balaban J connectivity index is 1.68. The fourth-order valence-corrected chi connectivity index (χ4v) is 3.52. The monoisotopic (exact) mass is 355 g/mol. The summed E-state index contributed by atoms with van der Waals surface area (Å²) in [5, 5.41) is 13.4. The first-order chi connectivity index (χ1) is 9.98. The molecule has 0 saturated heterocycles. The number of benzene rings is 1. The van der Waals surface area contributed by atoms with Crippen LogP contribution in [0.3, 0.4) is 0 Å². The Morgan fingerprint density at radius 1 is 1.38 bits per heavy atom. The minimum absolute atomic E-state index is 0.311. The van der Waals surface area contributed by atoms with E-state index in [1.807, 2.05) is 25.1 Å². The third-order valence-electron chi connectivity index (χ3n) is 4.26. The van der Waals surface area contributed by atoms with Gasteiger partial charge >= 0.3 is 0 Å². The minimum Gasteiger partial charge on any atom is -0.490 e. The molecule has 4 heteroatoms. The normalized spacial score (nSPS) is 18.7. The Hall–Kier alpha value is -0.580. The molecule has 1 aromatic carbocycles. The van der Waals surface area contributed by atoms with E-state index in [1.54, 1.807) is 0 Å². The molecule has 1 fully saturated rings. The summed E-state index contributed by atoms with van der Waals surface area (Å²) in [6.07, 6.45) is 4.78. The van der Waals surface area contributed by atoms with Crippen LogP contribution >= 0.6 is 15.9 Å². The van der Waals surface area contributed by atoms with Crippen molar-refractivity contribution in [2.75, 3.05) is 19.7 Å². The van der Waals surface area contributed by atoms with Crippen LogP contribution in [0.25, 0.3) is 0 Å². The molecule has 0 bridgehead atoms. The molecule has 1 aromatic rings. The van der Waals surface area contributed by atoms with Crippen molar-refractivity contribution in [1.29, 1.82) is 0 Å². The van der Waals surface area contributed by atoms with Gasteiger partial charge in [0, 0.05) is 13.1 Å². The molecule has 1 unspecified atom stereocenters. The predicted octanol–water partition coefficient (Wildman–Crippen LogP) is 3.67. The maximum absolute atomic E-state index is 10.0. The van der Waals surface area contributed by atoms with Crippen molar-refractivity contribution in [3.05, 3.63) is 28.2 Å². The Morgan fingerprint density at radius 2 is 2.10 bits per heavy atom. The molecule has 118 valence electrons. The summed E-state index contributed by atoms with van der Waals surface area (Å²) in [6.45, 7) is 6.25. The van der Waals surface area contributed by atoms with Crippen molar-refractivity contribution >= 4 is 15.9 Å². The molecular formula is C17H26BrNO2. The Kier molecular flexibility index (Phi) is 6.08. The van der Waals surface area contributed by atoms with Gasteiger partial charge in [0.25, 0.3) is 0 Å². The third-order valence-corrected chi connectivity index (χ3v) is 4.88. The topological polar surface area (TPSA) is 41.5 Å². The van der Waals surface area contributed by atoms with Crippen molar-refractivity contribution in [3.63, 3.8) is 0 Å². The average molecular weight is 356 g/mol. The number of aliphatic hydroxyl groups is 1. The van der Waals surface area contributed by atoms with Crippen LogP contribution in [0.5, 0.6) is 5.75 Å². The second-order valence-electron chi connectivity index (χ2n) is 6.55. The van der Waals surface area contributed by atoms with E-state index in [2.05, 4.69) is 28.2 Å². The van der Waals surface area contributed by atoms with Gasteiger partial charge in [0.2, 0.25) is 0 Å². The van der Waals surface area contributed by atoms with Crippen LogP contribution in [-0.4, -0.2) is 30.9 Å². The summed E-state index contributed by atoms with van der Waals surface area (Å²) >= 11 is 3.48. The molecular weight excluding hydrogens is 330 g/mol. The van der Waals surface area contributed by atoms with Crippen molar-refractivity contribution in [2.24, 2.45) is 5.41 Å². The van der Waals surface area contributed by atoms with E-state index < -0.39 is 6.10 Å². The lowest BCUT2D eigenvalue weighted by molar-refractivity contribution is 0.103. The van der Waals surface area contributed by atoms with Gasteiger partial charge in [-0.3, -0.25) is 0 Å². The summed E-state index contributed by atoms with van der Waals surface area (Å²) in [7, 11) is 0. The van der Waals surface area contributed by atoms with Crippen LogP contribution in [0.4, 0.5) is 0 Å². The van der Waals surface area contributed by atoms with Crippen LogP contribution < -0.4 is 10.1 Å². The van der Waals surface area contributed by atoms with E-state index in [1.165, 1.54) is 31.2 Å². The number of halogens is 1. The molecule has 0 spiro atoms. The highest BCUT2D eigenvalue weighted by molar-refractivity contribution is 9.10. The second-order valence-corrected chi connectivity index (χ2v) is 7.40. The van der Waals surface area contributed by atoms with Gasteiger partial charge in [-0.1, -0.05) is 25.8 Å². The summed E-state index contributed by atoms with van der Waals surface area (Å²) in [5.74, 6) is 0.780. The SMILES string of the molecule is Cc1ccc(OCC(O)CNCC2(C)CCCC2)c(Br)c1. The van der Waals surface area contributed by atoms with Gasteiger partial charge in [0.15, 0.2) is 0 Å². The maximum atomic E-state index is 10.0. The van der Waals surface area contributed by atoms with Gasteiger partial charge in [-0.15, -0.1) is 0 Å². The summed E-state index contributed by atoms with van der Waals surface area (Å²) in [6, 6.07) is 5.95. The van der Waals surface area contributed by atoms with Crippen molar-refractivity contribution < 1.29 is 9.84 Å². The number of ether oxygens (including phenoxy) is 1. The molecule has 1 saturated carbocycles. The first-order valence-corrected chi connectivity index (χ1v) is 8.56. The fraction of sp³-hybridized carbons (Fsp3) is 0.647. The van der Waals surface area contributed by atoms with Crippen LogP contribution in [0, 0.1) is 12.3 Å². The second kappa shape index (κ2) is 7.61. The van der Waals surface area contributed by atoms with E-state index in [9.17, 15) is 5.11 Å². The van der Waals surface area contributed by atoms with E-state index >= 15 is 0 Å². The molecule has 2 rings (SSSR count). The van der Waals surface area contributed by atoms with Crippen molar-refractivity contribution in [1.82, 2.24) is 5.32 Å². The zero-order valence-corrected chi connectivity index (χ0v) is 14.6. The van der Waals surface area contributed by atoms with Crippen molar-refractivity contribution in [3.8, 4) is 5.75 Å². The van der Waals surface area contributed by atoms with Gasteiger partial charge in [0.05, 0.1) is 4.47 Å². The molecule has 0 radical (unpaired) electrons. The molecule has 3 nitrogen and oxygen atoms in total. The molecule has 2 N–H and O–H groups in total. The van der Waals surface area contributed by atoms with Gasteiger partial charge in [0.1, 0.15) is 18.5 Å². The van der Waals surface area contributed by atoms with E-state index in [-0.39, 0.29) is 0 Å². The number of hydrogen-bond donors (Lipinski definition) is 2. The van der Waals surface area contributed by atoms with E-state index in [0.29, 0.717) is 18.6 Å². The molecule has 1 aliphatic rings. The average Bonchev–Trinajstić information content (AvgIpc) is 2.85. The first kappa shape index (κ1) is 16.8. The lowest BCUT2D eigenvalue weighted by Crippen LogP contribution is -2.37.